The van der Waals surface area contributed by atoms with E-state index in [-0.39, 0.29) is 5.56 Å². The van der Waals surface area contributed by atoms with Gasteiger partial charge in [-0.05, 0) is 19.2 Å². The van der Waals surface area contributed by atoms with Gasteiger partial charge in [0.15, 0.2) is 0 Å². The van der Waals surface area contributed by atoms with Crippen molar-refractivity contribution in [2.45, 2.75) is 6.54 Å². The van der Waals surface area contributed by atoms with E-state index in [2.05, 4.69) is 10.3 Å². The van der Waals surface area contributed by atoms with E-state index in [0.717, 1.165) is 5.69 Å². The number of imidazole rings is 1. The molecule has 0 aliphatic heterocycles. The number of rotatable bonds is 3. The molecule has 0 radical (unpaired) electrons. The molecule has 2 aromatic heterocycles. The molecule has 0 aliphatic rings. The van der Waals surface area contributed by atoms with Crippen molar-refractivity contribution in [3.05, 3.63) is 35.8 Å². The van der Waals surface area contributed by atoms with Gasteiger partial charge in [-0.1, -0.05) is 0 Å². The van der Waals surface area contributed by atoms with E-state index in [1.807, 2.05) is 11.4 Å². The zero-order chi connectivity index (χ0) is 10.8. The van der Waals surface area contributed by atoms with Crippen molar-refractivity contribution in [2.75, 3.05) is 7.05 Å². The molecule has 2 heterocycles. The minimum Gasteiger partial charge on any atom is -0.478 e. The highest BCUT2D eigenvalue weighted by molar-refractivity contribution is 5.88. The van der Waals surface area contributed by atoms with E-state index < -0.39 is 5.97 Å². The number of aromatic carboxylic acids is 1. The van der Waals surface area contributed by atoms with Gasteiger partial charge in [0.25, 0.3) is 0 Å². The maximum absolute atomic E-state index is 10.7. The smallest absolute Gasteiger partial charge is 0.335 e. The van der Waals surface area contributed by atoms with Crippen LogP contribution in [0.1, 0.15) is 16.1 Å². The fraction of sp³-hybridized carbons (Fsp3) is 0.200. The first-order valence-corrected chi connectivity index (χ1v) is 4.56. The maximum Gasteiger partial charge on any atom is 0.335 e. The minimum atomic E-state index is -0.935. The second-order valence-corrected chi connectivity index (χ2v) is 3.23. The summed E-state index contributed by atoms with van der Waals surface area (Å²) in [5, 5.41) is 11.8. The van der Waals surface area contributed by atoms with Crippen molar-refractivity contribution in [2.24, 2.45) is 0 Å². The molecule has 0 amide bonds. The molecule has 2 rings (SSSR count). The number of carboxylic acids is 1. The fourth-order valence-corrected chi connectivity index (χ4v) is 1.48. The standard InChI is InChI=1S/C10H11N3O2/c1-11-5-8-6-12-9-4-7(10(14)15)2-3-13(8)9/h2-4,6,11H,5H2,1H3,(H,14,15). The van der Waals surface area contributed by atoms with Crippen LogP contribution < -0.4 is 5.32 Å². The molecular weight excluding hydrogens is 194 g/mol. The van der Waals surface area contributed by atoms with E-state index >= 15 is 0 Å². The van der Waals surface area contributed by atoms with Gasteiger partial charge in [-0.2, -0.15) is 0 Å². The molecule has 15 heavy (non-hydrogen) atoms. The number of carbonyl (C=O) groups is 1. The minimum absolute atomic E-state index is 0.254. The monoisotopic (exact) mass is 205 g/mol. The summed E-state index contributed by atoms with van der Waals surface area (Å²) in [6, 6.07) is 3.12. The van der Waals surface area contributed by atoms with Crippen molar-refractivity contribution in [1.82, 2.24) is 14.7 Å². The highest BCUT2D eigenvalue weighted by Crippen LogP contribution is 2.09. The van der Waals surface area contributed by atoms with E-state index in [9.17, 15) is 4.79 Å². The molecule has 2 N–H and O–H groups in total. The Kier molecular flexibility index (Phi) is 2.39. The zero-order valence-corrected chi connectivity index (χ0v) is 8.27. The van der Waals surface area contributed by atoms with E-state index in [4.69, 9.17) is 5.11 Å². The number of hydrogen-bond acceptors (Lipinski definition) is 3. The van der Waals surface area contributed by atoms with Crippen LogP contribution in [-0.4, -0.2) is 27.5 Å². The highest BCUT2D eigenvalue weighted by Gasteiger charge is 2.06. The summed E-state index contributed by atoms with van der Waals surface area (Å²) < 4.78 is 1.86. The largest absolute Gasteiger partial charge is 0.478 e. The lowest BCUT2D eigenvalue weighted by Gasteiger charge is -2.01. The number of aromatic nitrogens is 2. The molecule has 0 aliphatic carbocycles. The molecule has 5 heteroatoms. The number of hydrogen-bond donors (Lipinski definition) is 2. The van der Waals surface area contributed by atoms with Gasteiger partial charge in [0, 0.05) is 12.7 Å². The Morgan fingerprint density at radius 1 is 1.67 bits per heavy atom. The Bertz CT molecular complexity index is 504. The number of carboxylic acid groups (broad SMARTS) is 1. The Balaban J connectivity index is 2.51. The average molecular weight is 205 g/mol. The van der Waals surface area contributed by atoms with Crippen LogP contribution in [0.4, 0.5) is 0 Å². The summed E-state index contributed by atoms with van der Waals surface area (Å²) in [5.41, 5.74) is 1.91. The first-order chi connectivity index (χ1) is 7.22. The van der Waals surface area contributed by atoms with Crippen LogP contribution in [0.5, 0.6) is 0 Å². The van der Waals surface area contributed by atoms with Gasteiger partial charge in [-0.25, -0.2) is 9.78 Å². The topological polar surface area (TPSA) is 66.6 Å². The van der Waals surface area contributed by atoms with Crippen molar-refractivity contribution >= 4 is 11.6 Å². The van der Waals surface area contributed by atoms with Gasteiger partial charge in [0.05, 0.1) is 17.5 Å². The zero-order valence-electron chi connectivity index (χ0n) is 8.27. The van der Waals surface area contributed by atoms with Crippen molar-refractivity contribution in [3.63, 3.8) is 0 Å². The van der Waals surface area contributed by atoms with E-state index in [1.165, 1.54) is 0 Å². The van der Waals surface area contributed by atoms with E-state index in [0.29, 0.717) is 12.2 Å². The summed E-state index contributed by atoms with van der Waals surface area (Å²) in [5.74, 6) is -0.935. The van der Waals surface area contributed by atoms with Crippen LogP contribution in [0.25, 0.3) is 5.65 Å². The Morgan fingerprint density at radius 2 is 2.47 bits per heavy atom. The molecule has 0 aromatic carbocycles. The van der Waals surface area contributed by atoms with Crippen molar-refractivity contribution < 1.29 is 9.90 Å². The third-order valence-corrected chi connectivity index (χ3v) is 2.19. The molecule has 0 spiro atoms. The fourth-order valence-electron chi connectivity index (χ4n) is 1.48. The SMILES string of the molecule is CNCc1cnc2cc(C(=O)O)ccn12. The molecule has 0 atom stereocenters. The predicted molar refractivity (Wildman–Crippen MR) is 54.9 cm³/mol. The molecule has 0 saturated heterocycles. The van der Waals surface area contributed by atoms with Crippen LogP contribution >= 0.6 is 0 Å². The lowest BCUT2D eigenvalue weighted by atomic mass is 10.3. The lowest BCUT2D eigenvalue weighted by molar-refractivity contribution is 0.0697. The Hall–Kier alpha value is -1.88. The van der Waals surface area contributed by atoms with Gasteiger partial charge < -0.3 is 14.8 Å². The summed E-state index contributed by atoms with van der Waals surface area (Å²) >= 11 is 0. The molecule has 0 saturated carbocycles. The second kappa shape index (κ2) is 3.70. The Morgan fingerprint density at radius 3 is 3.13 bits per heavy atom. The van der Waals surface area contributed by atoms with Crippen LogP contribution in [0.3, 0.4) is 0 Å². The normalized spacial score (nSPS) is 10.7. The average Bonchev–Trinajstić information content (AvgIpc) is 2.61. The molecule has 5 nitrogen and oxygen atoms in total. The third-order valence-electron chi connectivity index (χ3n) is 2.19. The van der Waals surface area contributed by atoms with Gasteiger partial charge in [-0.15, -0.1) is 0 Å². The third kappa shape index (κ3) is 1.69. The van der Waals surface area contributed by atoms with Gasteiger partial charge in [0.2, 0.25) is 0 Å². The predicted octanol–water partition coefficient (Wildman–Crippen LogP) is 0.752. The Labute approximate surface area is 86.4 Å². The van der Waals surface area contributed by atoms with Crippen LogP contribution in [0.15, 0.2) is 24.5 Å². The quantitative estimate of drug-likeness (QED) is 0.776. The molecule has 0 fully saturated rings. The molecule has 78 valence electrons. The number of nitrogens with one attached hydrogen (secondary N) is 1. The molecule has 0 bridgehead atoms. The first kappa shape index (κ1) is 9.67. The molecule has 0 unspecified atom stereocenters. The van der Waals surface area contributed by atoms with Gasteiger partial charge in [-0.3, -0.25) is 0 Å². The summed E-state index contributed by atoms with van der Waals surface area (Å²) in [4.78, 5) is 14.9. The van der Waals surface area contributed by atoms with Crippen LogP contribution in [0, 0.1) is 0 Å². The second-order valence-electron chi connectivity index (χ2n) is 3.23. The van der Waals surface area contributed by atoms with Gasteiger partial charge in [0.1, 0.15) is 5.65 Å². The first-order valence-electron chi connectivity index (χ1n) is 4.56. The highest BCUT2D eigenvalue weighted by atomic mass is 16.4. The molecule has 2 aromatic rings. The van der Waals surface area contributed by atoms with Crippen molar-refractivity contribution in [1.29, 1.82) is 0 Å². The number of nitrogens with zero attached hydrogens (tertiary/aromatic N) is 2. The van der Waals surface area contributed by atoms with Gasteiger partial charge >= 0.3 is 5.97 Å². The molecular formula is C10H11N3O2. The summed E-state index contributed by atoms with van der Waals surface area (Å²) in [7, 11) is 1.85. The van der Waals surface area contributed by atoms with E-state index in [1.54, 1.807) is 24.5 Å². The summed E-state index contributed by atoms with van der Waals surface area (Å²) in [6.07, 6.45) is 3.45. The van der Waals surface area contributed by atoms with Crippen LogP contribution in [-0.2, 0) is 6.54 Å². The maximum atomic E-state index is 10.7. The van der Waals surface area contributed by atoms with Crippen LogP contribution in [0.2, 0.25) is 0 Å². The lowest BCUT2D eigenvalue weighted by Crippen LogP contribution is -2.07. The summed E-state index contributed by atoms with van der Waals surface area (Å²) in [6.45, 7) is 0.702. The number of fused-ring (bicyclic) bond motifs is 1. The number of pyridine rings is 1. The van der Waals surface area contributed by atoms with Crippen molar-refractivity contribution in [3.8, 4) is 0 Å².